The fraction of sp³-hybridized carbons (Fsp3) is 0.714. The van der Waals surface area contributed by atoms with Crippen LogP contribution in [0.25, 0.3) is 0 Å². The molecule has 0 saturated carbocycles. The van der Waals surface area contributed by atoms with E-state index in [-0.39, 0.29) is 5.92 Å². The van der Waals surface area contributed by atoms with Gasteiger partial charge in [0.05, 0.1) is 0 Å². The molecule has 9 heavy (non-hydrogen) atoms. The molecule has 0 spiro atoms. The summed E-state index contributed by atoms with van der Waals surface area (Å²) in [5.74, 6) is -0.0208. The van der Waals surface area contributed by atoms with Gasteiger partial charge in [0.1, 0.15) is 5.67 Å². The summed E-state index contributed by atoms with van der Waals surface area (Å²) in [6.07, 6.45) is 1.36. The highest BCUT2D eigenvalue weighted by atomic mass is 35.5. The SMILES string of the molecule is CC(C)C(C)(F)/C=C/Cl. The minimum Gasteiger partial charge on any atom is -0.239 e. The molecule has 2 heteroatoms. The van der Waals surface area contributed by atoms with Crippen LogP contribution in [0.3, 0.4) is 0 Å². The number of alkyl halides is 1. The monoisotopic (exact) mass is 150 g/mol. The summed E-state index contributed by atoms with van der Waals surface area (Å²) in [6, 6.07) is 0. The van der Waals surface area contributed by atoms with E-state index in [0.29, 0.717) is 0 Å². The quantitative estimate of drug-likeness (QED) is 0.568. The van der Waals surface area contributed by atoms with Crippen molar-refractivity contribution in [2.75, 3.05) is 0 Å². The molecule has 0 amide bonds. The molecule has 0 aromatic carbocycles. The lowest BCUT2D eigenvalue weighted by Crippen LogP contribution is -2.21. The van der Waals surface area contributed by atoms with E-state index < -0.39 is 5.67 Å². The summed E-state index contributed by atoms with van der Waals surface area (Å²) in [5, 5.41) is 0. The number of rotatable bonds is 2. The lowest BCUT2D eigenvalue weighted by atomic mass is 9.95. The number of allylic oxidation sites excluding steroid dienone is 1. The molecule has 1 atom stereocenters. The summed E-state index contributed by atoms with van der Waals surface area (Å²) in [7, 11) is 0. The van der Waals surface area contributed by atoms with Crippen molar-refractivity contribution >= 4 is 11.6 Å². The maximum Gasteiger partial charge on any atom is 0.129 e. The van der Waals surface area contributed by atoms with Crippen LogP contribution in [-0.4, -0.2) is 5.67 Å². The topological polar surface area (TPSA) is 0 Å². The molecular weight excluding hydrogens is 139 g/mol. The maximum atomic E-state index is 13.0. The molecule has 1 unspecified atom stereocenters. The highest BCUT2D eigenvalue weighted by molar-refractivity contribution is 6.25. The van der Waals surface area contributed by atoms with Crippen molar-refractivity contribution < 1.29 is 4.39 Å². The first kappa shape index (κ1) is 8.96. The normalized spacial score (nSPS) is 18.9. The van der Waals surface area contributed by atoms with Crippen LogP contribution in [-0.2, 0) is 0 Å². The Balaban J connectivity index is 4.01. The van der Waals surface area contributed by atoms with Crippen LogP contribution in [0.4, 0.5) is 4.39 Å². The average molecular weight is 151 g/mol. The Bertz CT molecular complexity index is 105. The molecule has 0 radical (unpaired) electrons. The van der Waals surface area contributed by atoms with E-state index in [1.165, 1.54) is 18.5 Å². The Morgan fingerprint density at radius 1 is 1.56 bits per heavy atom. The summed E-state index contributed by atoms with van der Waals surface area (Å²) in [4.78, 5) is 0. The second-order valence-corrected chi connectivity index (χ2v) is 2.85. The molecule has 0 bridgehead atoms. The minimum absolute atomic E-state index is 0.0208. The van der Waals surface area contributed by atoms with Crippen molar-refractivity contribution in [1.82, 2.24) is 0 Å². The third-order valence-corrected chi connectivity index (χ3v) is 1.64. The third-order valence-electron chi connectivity index (χ3n) is 1.52. The first-order chi connectivity index (χ1) is 4.00. The van der Waals surface area contributed by atoms with Crippen molar-refractivity contribution in [2.45, 2.75) is 26.4 Å². The summed E-state index contributed by atoms with van der Waals surface area (Å²) < 4.78 is 13.0. The van der Waals surface area contributed by atoms with Crippen molar-refractivity contribution in [3.63, 3.8) is 0 Å². The lowest BCUT2D eigenvalue weighted by Gasteiger charge is -2.19. The van der Waals surface area contributed by atoms with Crippen LogP contribution in [0, 0.1) is 5.92 Å². The predicted octanol–water partition coefficient (Wildman–Crippen LogP) is 3.12. The van der Waals surface area contributed by atoms with Crippen molar-refractivity contribution in [1.29, 1.82) is 0 Å². The molecule has 0 saturated heterocycles. The van der Waals surface area contributed by atoms with E-state index in [4.69, 9.17) is 11.6 Å². The Morgan fingerprint density at radius 3 is 2.11 bits per heavy atom. The van der Waals surface area contributed by atoms with Gasteiger partial charge in [0.2, 0.25) is 0 Å². The van der Waals surface area contributed by atoms with E-state index in [9.17, 15) is 4.39 Å². The van der Waals surface area contributed by atoms with E-state index in [2.05, 4.69) is 0 Å². The highest BCUT2D eigenvalue weighted by Crippen LogP contribution is 2.22. The predicted molar refractivity (Wildman–Crippen MR) is 39.3 cm³/mol. The zero-order valence-corrected chi connectivity index (χ0v) is 6.74. The Kier molecular flexibility index (Phi) is 3.20. The fourth-order valence-electron chi connectivity index (χ4n) is 0.316. The van der Waals surface area contributed by atoms with Gasteiger partial charge in [-0.2, -0.15) is 0 Å². The molecule has 0 fully saturated rings. The van der Waals surface area contributed by atoms with Crippen LogP contribution in [0.15, 0.2) is 11.6 Å². The number of hydrogen-bond donors (Lipinski definition) is 0. The van der Waals surface area contributed by atoms with Crippen molar-refractivity contribution in [3.8, 4) is 0 Å². The van der Waals surface area contributed by atoms with Crippen molar-refractivity contribution in [2.24, 2.45) is 5.92 Å². The van der Waals surface area contributed by atoms with Gasteiger partial charge in [0.15, 0.2) is 0 Å². The Labute approximate surface area is 60.7 Å². The van der Waals surface area contributed by atoms with Gasteiger partial charge in [-0.3, -0.25) is 0 Å². The Morgan fingerprint density at radius 2 is 2.00 bits per heavy atom. The van der Waals surface area contributed by atoms with Crippen molar-refractivity contribution in [3.05, 3.63) is 11.6 Å². The summed E-state index contributed by atoms with van der Waals surface area (Å²) in [6.45, 7) is 5.14. The van der Waals surface area contributed by atoms with Gasteiger partial charge in [-0.05, 0) is 18.9 Å². The van der Waals surface area contributed by atoms with E-state index in [1.54, 1.807) is 0 Å². The standard InChI is InChI=1S/C7H12ClF/c1-6(2)7(3,9)4-5-8/h4-6H,1-3H3/b5-4+. The molecule has 54 valence electrons. The van der Waals surface area contributed by atoms with Gasteiger partial charge in [0, 0.05) is 5.54 Å². The average Bonchev–Trinajstić information content (AvgIpc) is 1.65. The highest BCUT2D eigenvalue weighted by Gasteiger charge is 2.23. The number of hydrogen-bond acceptors (Lipinski definition) is 0. The molecule has 0 aromatic heterocycles. The van der Waals surface area contributed by atoms with Crippen LogP contribution in [0.2, 0.25) is 0 Å². The van der Waals surface area contributed by atoms with E-state index in [1.807, 2.05) is 13.8 Å². The fourth-order valence-corrected chi connectivity index (χ4v) is 0.562. The van der Waals surface area contributed by atoms with Crippen LogP contribution >= 0.6 is 11.6 Å². The molecule has 0 aromatic rings. The maximum absolute atomic E-state index is 13.0. The zero-order valence-electron chi connectivity index (χ0n) is 5.99. The lowest BCUT2D eigenvalue weighted by molar-refractivity contribution is 0.184. The van der Waals surface area contributed by atoms with Gasteiger partial charge in [-0.15, -0.1) is 0 Å². The molecular formula is C7H12ClF. The number of halogens is 2. The van der Waals surface area contributed by atoms with Crippen LogP contribution < -0.4 is 0 Å². The zero-order chi connectivity index (χ0) is 7.49. The van der Waals surface area contributed by atoms with Crippen LogP contribution in [0.1, 0.15) is 20.8 Å². The summed E-state index contributed by atoms with van der Waals surface area (Å²) >= 11 is 5.21. The molecule has 0 rings (SSSR count). The van der Waals surface area contributed by atoms with E-state index in [0.717, 1.165) is 0 Å². The van der Waals surface area contributed by atoms with Gasteiger partial charge in [0.25, 0.3) is 0 Å². The molecule has 0 nitrogen and oxygen atoms in total. The molecule has 0 aliphatic carbocycles. The molecule has 0 heterocycles. The molecule has 0 aliphatic rings. The first-order valence-electron chi connectivity index (χ1n) is 2.97. The Hall–Kier alpha value is -0.0400. The second-order valence-electron chi connectivity index (χ2n) is 2.60. The molecule has 0 N–H and O–H groups in total. The largest absolute Gasteiger partial charge is 0.239 e. The molecule has 0 aliphatic heterocycles. The first-order valence-corrected chi connectivity index (χ1v) is 3.41. The van der Waals surface area contributed by atoms with Crippen LogP contribution in [0.5, 0.6) is 0 Å². The second kappa shape index (κ2) is 3.21. The van der Waals surface area contributed by atoms with Gasteiger partial charge < -0.3 is 0 Å². The van der Waals surface area contributed by atoms with E-state index >= 15 is 0 Å². The third kappa shape index (κ3) is 2.85. The van der Waals surface area contributed by atoms with Gasteiger partial charge in [-0.1, -0.05) is 25.4 Å². The van der Waals surface area contributed by atoms with Gasteiger partial charge >= 0.3 is 0 Å². The minimum atomic E-state index is -1.26. The van der Waals surface area contributed by atoms with Gasteiger partial charge in [-0.25, -0.2) is 4.39 Å². The summed E-state index contributed by atoms with van der Waals surface area (Å²) in [5.41, 5.74) is -0.0399. The smallest absolute Gasteiger partial charge is 0.129 e.